The second-order valence-corrected chi connectivity index (χ2v) is 6.19. The van der Waals surface area contributed by atoms with Gasteiger partial charge in [0.15, 0.2) is 5.13 Å². The van der Waals surface area contributed by atoms with E-state index in [1.54, 1.807) is 12.3 Å². The number of aromatic nitrogens is 1. The van der Waals surface area contributed by atoms with Crippen LogP contribution in [0.3, 0.4) is 0 Å². The van der Waals surface area contributed by atoms with Gasteiger partial charge < -0.3 is 10.1 Å². The number of hydrogen-bond acceptors (Lipinski definition) is 5. The van der Waals surface area contributed by atoms with Crippen LogP contribution >= 0.6 is 22.9 Å². The van der Waals surface area contributed by atoms with Crippen LogP contribution in [0.5, 0.6) is 0 Å². The van der Waals surface area contributed by atoms with Crippen LogP contribution in [0.2, 0.25) is 5.02 Å². The molecular weight excluding hydrogens is 350 g/mol. The smallest absolute Gasteiger partial charge is 0.413 e. The Morgan fingerprint density at radius 1 is 1.29 bits per heavy atom. The molecule has 0 spiro atoms. The molecule has 2 N–H and O–H groups in total. The summed E-state index contributed by atoms with van der Waals surface area (Å²) in [5.74, 6) is -0.114. The molecule has 1 heterocycles. The van der Waals surface area contributed by atoms with Crippen molar-refractivity contribution in [2.75, 3.05) is 18.5 Å². The molecular formula is C16H18ClN3O3S. The highest BCUT2D eigenvalue weighted by Crippen LogP contribution is 2.16. The summed E-state index contributed by atoms with van der Waals surface area (Å²) in [6, 6.07) is 7.52. The van der Waals surface area contributed by atoms with Crippen molar-refractivity contribution < 1.29 is 14.3 Å². The van der Waals surface area contributed by atoms with Crippen molar-refractivity contribution in [1.29, 1.82) is 0 Å². The van der Waals surface area contributed by atoms with E-state index in [0.29, 0.717) is 29.0 Å². The third kappa shape index (κ3) is 6.17. The molecule has 0 aliphatic carbocycles. The van der Waals surface area contributed by atoms with E-state index in [9.17, 15) is 9.59 Å². The Bertz CT molecular complexity index is 688. The first kappa shape index (κ1) is 18.2. The molecule has 1 aromatic carbocycles. The fourth-order valence-electron chi connectivity index (χ4n) is 1.92. The van der Waals surface area contributed by atoms with E-state index < -0.39 is 6.09 Å². The monoisotopic (exact) mass is 367 g/mol. The van der Waals surface area contributed by atoms with Crippen molar-refractivity contribution in [1.82, 2.24) is 10.3 Å². The molecule has 0 unspecified atom stereocenters. The largest absolute Gasteiger partial charge is 0.450 e. The summed E-state index contributed by atoms with van der Waals surface area (Å²) in [6.07, 6.45) is 0.350. The molecule has 0 aliphatic rings. The predicted molar refractivity (Wildman–Crippen MR) is 94.6 cm³/mol. The molecule has 0 saturated heterocycles. The molecule has 2 aromatic rings. The fraction of sp³-hybridized carbons (Fsp3) is 0.312. The first-order valence-corrected chi connectivity index (χ1v) is 8.72. The van der Waals surface area contributed by atoms with Crippen molar-refractivity contribution in [2.24, 2.45) is 0 Å². The van der Waals surface area contributed by atoms with Crippen LogP contribution in [0, 0.1) is 0 Å². The quantitative estimate of drug-likeness (QED) is 0.787. The topological polar surface area (TPSA) is 80.3 Å². The number of rotatable bonds is 7. The minimum Gasteiger partial charge on any atom is -0.450 e. The Labute approximate surface area is 149 Å². The maximum Gasteiger partial charge on any atom is 0.413 e. The maximum atomic E-state index is 11.9. The lowest BCUT2D eigenvalue weighted by molar-refractivity contribution is -0.120. The van der Waals surface area contributed by atoms with Gasteiger partial charge in [0.25, 0.3) is 0 Å². The van der Waals surface area contributed by atoms with E-state index in [1.165, 1.54) is 11.3 Å². The summed E-state index contributed by atoms with van der Waals surface area (Å²) in [4.78, 5) is 27.4. The number of benzene rings is 1. The van der Waals surface area contributed by atoms with Crippen LogP contribution in [0.4, 0.5) is 9.93 Å². The van der Waals surface area contributed by atoms with Crippen molar-refractivity contribution in [3.05, 3.63) is 45.9 Å². The molecule has 0 aliphatic heterocycles. The Balaban J connectivity index is 1.73. The zero-order chi connectivity index (χ0) is 17.4. The molecule has 0 radical (unpaired) electrons. The first-order valence-electron chi connectivity index (χ1n) is 7.46. The summed E-state index contributed by atoms with van der Waals surface area (Å²) in [7, 11) is 0. The summed E-state index contributed by atoms with van der Waals surface area (Å²) in [5.41, 5.74) is 1.71. The van der Waals surface area contributed by atoms with Gasteiger partial charge in [0.05, 0.1) is 18.7 Å². The van der Waals surface area contributed by atoms with Gasteiger partial charge in [0.2, 0.25) is 5.91 Å². The van der Waals surface area contributed by atoms with Gasteiger partial charge in [-0.2, -0.15) is 0 Å². The number of hydrogen-bond donors (Lipinski definition) is 2. The van der Waals surface area contributed by atoms with Gasteiger partial charge >= 0.3 is 6.09 Å². The van der Waals surface area contributed by atoms with Gasteiger partial charge in [0.1, 0.15) is 0 Å². The van der Waals surface area contributed by atoms with Gasteiger partial charge in [-0.25, -0.2) is 9.78 Å². The minimum atomic E-state index is -0.550. The lowest BCUT2D eigenvalue weighted by Gasteiger charge is -2.04. The van der Waals surface area contributed by atoms with E-state index in [4.69, 9.17) is 16.3 Å². The molecule has 6 nitrogen and oxygen atoms in total. The van der Waals surface area contributed by atoms with Gasteiger partial charge in [0, 0.05) is 16.9 Å². The summed E-state index contributed by atoms with van der Waals surface area (Å²) < 4.78 is 4.77. The highest BCUT2D eigenvalue weighted by atomic mass is 35.5. The number of anilines is 1. The van der Waals surface area contributed by atoms with Crippen LogP contribution in [-0.2, 0) is 22.4 Å². The van der Waals surface area contributed by atoms with E-state index in [0.717, 1.165) is 12.0 Å². The SMILES string of the molecule is CCOC(=O)Nc1nc(CC(=O)NCCc2ccc(Cl)cc2)cs1. The molecule has 8 heteroatoms. The molecule has 2 amide bonds. The molecule has 0 saturated carbocycles. The molecule has 0 atom stereocenters. The maximum absolute atomic E-state index is 11.9. The molecule has 0 bridgehead atoms. The highest BCUT2D eigenvalue weighted by Gasteiger charge is 2.10. The van der Waals surface area contributed by atoms with Crippen LogP contribution in [0.15, 0.2) is 29.6 Å². The number of carbonyl (C=O) groups is 2. The predicted octanol–water partition coefficient (Wildman–Crippen LogP) is 3.27. The van der Waals surface area contributed by atoms with Crippen molar-refractivity contribution in [3.8, 4) is 0 Å². The van der Waals surface area contributed by atoms with Crippen LogP contribution in [0.25, 0.3) is 0 Å². The number of nitrogens with zero attached hydrogens (tertiary/aromatic N) is 1. The van der Waals surface area contributed by atoms with Gasteiger partial charge in [-0.1, -0.05) is 23.7 Å². The van der Waals surface area contributed by atoms with E-state index >= 15 is 0 Å². The molecule has 128 valence electrons. The van der Waals surface area contributed by atoms with Crippen molar-refractivity contribution in [2.45, 2.75) is 19.8 Å². The van der Waals surface area contributed by atoms with Gasteiger partial charge in [-0.15, -0.1) is 11.3 Å². The van der Waals surface area contributed by atoms with Crippen molar-refractivity contribution >= 4 is 40.1 Å². The van der Waals surface area contributed by atoms with Crippen LogP contribution in [0.1, 0.15) is 18.2 Å². The zero-order valence-corrected chi connectivity index (χ0v) is 14.7. The van der Waals surface area contributed by atoms with Crippen LogP contribution in [-0.4, -0.2) is 30.1 Å². The van der Waals surface area contributed by atoms with Gasteiger partial charge in [-0.05, 0) is 31.0 Å². The average molecular weight is 368 g/mol. The Kier molecular flexibility index (Phi) is 7.02. The fourth-order valence-corrected chi connectivity index (χ4v) is 2.75. The standard InChI is InChI=1S/C16H18ClN3O3S/c1-2-23-16(22)20-15-19-13(10-24-15)9-14(21)18-8-7-11-3-5-12(17)6-4-11/h3-6,10H,2,7-9H2,1H3,(H,18,21)(H,19,20,22). The zero-order valence-electron chi connectivity index (χ0n) is 13.2. The Hall–Kier alpha value is -2.12. The van der Waals surface area contributed by atoms with E-state index in [2.05, 4.69) is 15.6 Å². The molecule has 0 fully saturated rings. The Morgan fingerprint density at radius 2 is 2.04 bits per heavy atom. The molecule has 24 heavy (non-hydrogen) atoms. The third-order valence-electron chi connectivity index (χ3n) is 3.03. The molecule has 2 rings (SSSR count). The minimum absolute atomic E-state index is 0.114. The number of amides is 2. The highest BCUT2D eigenvalue weighted by molar-refractivity contribution is 7.13. The number of carbonyl (C=O) groups excluding carboxylic acids is 2. The third-order valence-corrected chi connectivity index (χ3v) is 4.09. The summed E-state index contributed by atoms with van der Waals surface area (Å²) >= 11 is 7.08. The van der Waals surface area contributed by atoms with E-state index in [1.807, 2.05) is 24.3 Å². The lowest BCUT2D eigenvalue weighted by Crippen LogP contribution is -2.27. The normalized spacial score (nSPS) is 10.2. The first-order chi connectivity index (χ1) is 11.6. The molecule has 1 aromatic heterocycles. The van der Waals surface area contributed by atoms with Crippen LogP contribution < -0.4 is 10.6 Å². The number of nitrogens with one attached hydrogen (secondary N) is 2. The summed E-state index contributed by atoms with van der Waals surface area (Å²) in [5, 5.41) is 8.20. The van der Waals surface area contributed by atoms with E-state index in [-0.39, 0.29) is 12.3 Å². The number of thiazole rings is 1. The number of ether oxygens (including phenoxy) is 1. The Morgan fingerprint density at radius 3 is 2.75 bits per heavy atom. The van der Waals surface area contributed by atoms with Gasteiger partial charge in [-0.3, -0.25) is 10.1 Å². The van der Waals surface area contributed by atoms with Crippen molar-refractivity contribution in [3.63, 3.8) is 0 Å². The summed E-state index contributed by atoms with van der Waals surface area (Å²) in [6.45, 7) is 2.56. The lowest BCUT2D eigenvalue weighted by atomic mass is 10.1. The average Bonchev–Trinajstić information content (AvgIpc) is 2.96. The second kappa shape index (κ2) is 9.24. The second-order valence-electron chi connectivity index (χ2n) is 4.89. The number of halogens is 1.